The molecule has 0 spiro atoms. The van der Waals surface area contributed by atoms with Crippen LogP contribution in [0.3, 0.4) is 0 Å². The Morgan fingerprint density at radius 2 is 2.07 bits per heavy atom. The molecule has 158 valence electrons. The molecule has 3 heterocycles. The summed E-state index contributed by atoms with van der Waals surface area (Å²) >= 11 is 0. The molecule has 1 saturated carbocycles. The highest BCUT2D eigenvalue weighted by Gasteiger charge is 2.34. The number of hydrogen-bond donors (Lipinski definition) is 0. The molecular formula is C22H32N4O3. The summed E-state index contributed by atoms with van der Waals surface area (Å²) < 4.78 is 5.06. The molecule has 0 bridgehead atoms. The van der Waals surface area contributed by atoms with Gasteiger partial charge < -0.3 is 9.64 Å². The van der Waals surface area contributed by atoms with Crippen molar-refractivity contribution in [3.8, 4) is 0 Å². The van der Waals surface area contributed by atoms with Gasteiger partial charge in [-0.1, -0.05) is 6.42 Å². The van der Waals surface area contributed by atoms with Gasteiger partial charge in [0, 0.05) is 51.0 Å². The number of esters is 1. The van der Waals surface area contributed by atoms with Gasteiger partial charge in [-0.05, 0) is 44.7 Å². The quantitative estimate of drug-likeness (QED) is 0.701. The van der Waals surface area contributed by atoms with Gasteiger partial charge >= 0.3 is 5.97 Å². The summed E-state index contributed by atoms with van der Waals surface area (Å²) in [5.74, 6) is -0.104. The molecule has 29 heavy (non-hydrogen) atoms. The van der Waals surface area contributed by atoms with Crippen LogP contribution in [0.25, 0.3) is 0 Å². The monoisotopic (exact) mass is 400 g/mol. The lowest BCUT2D eigenvalue weighted by molar-refractivity contribution is -0.136. The number of rotatable bonds is 5. The Hall–Kier alpha value is -1.99. The van der Waals surface area contributed by atoms with Crippen molar-refractivity contribution in [1.29, 1.82) is 0 Å². The molecule has 1 aromatic heterocycles. The van der Waals surface area contributed by atoms with Crippen LogP contribution < -0.4 is 0 Å². The van der Waals surface area contributed by atoms with Crippen LogP contribution in [0.2, 0.25) is 0 Å². The first-order valence-electron chi connectivity index (χ1n) is 11.0. The number of amides is 1. The van der Waals surface area contributed by atoms with Gasteiger partial charge in [0.1, 0.15) is 0 Å². The van der Waals surface area contributed by atoms with Crippen molar-refractivity contribution in [2.24, 2.45) is 0 Å². The highest BCUT2D eigenvalue weighted by atomic mass is 16.5. The van der Waals surface area contributed by atoms with E-state index in [1.807, 2.05) is 11.0 Å². The summed E-state index contributed by atoms with van der Waals surface area (Å²) in [6, 6.07) is 3.08. The van der Waals surface area contributed by atoms with Gasteiger partial charge in [-0.2, -0.15) is 0 Å². The van der Waals surface area contributed by atoms with E-state index < -0.39 is 0 Å². The minimum atomic E-state index is -0.324. The molecule has 1 saturated heterocycles. The second-order valence-corrected chi connectivity index (χ2v) is 8.52. The second kappa shape index (κ2) is 8.79. The van der Waals surface area contributed by atoms with E-state index in [0.29, 0.717) is 31.3 Å². The van der Waals surface area contributed by atoms with Gasteiger partial charge in [-0.15, -0.1) is 0 Å². The standard InChI is InChI=1S/C22H32N4O3/c1-3-29-22(28)18-11-17-7-8-24(14-20(17)23-12-18)15-21(27)25-9-10-26(16(2)13-25)19-5-4-6-19/h11-12,16,19H,3-10,13-15H2,1-2H3. The topological polar surface area (TPSA) is 66.0 Å². The van der Waals surface area contributed by atoms with Gasteiger partial charge in [0.15, 0.2) is 0 Å². The van der Waals surface area contributed by atoms with Crippen LogP contribution in [-0.4, -0.2) is 83.0 Å². The van der Waals surface area contributed by atoms with Crippen LogP contribution >= 0.6 is 0 Å². The van der Waals surface area contributed by atoms with Crippen molar-refractivity contribution >= 4 is 11.9 Å². The van der Waals surface area contributed by atoms with E-state index in [1.165, 1.54) is 19.3 Å². The predicted octanol–water partition coefficient (Wildman–Crippen LogP) is 1.70. The van der Waals surface area contributed by atoms with E-state index in [0.717, 1.165) is 49.9 Å². The molecule has 1 aromatic rings. The van der Waals surface area contributed by atoms with Gasteiger partial charge in [-0.3, -0.25) is 19.6 Å². The normalized spacial score (nSPS) is 23.4. The third kappa shape index (κ3) is 4.46. The molecule has 0 radical (unpaired) electrons. The summed E-state index contributed by atoms with van der Waals surface area (Å²) in [6.45, 7) is 8.99. The molecule has 0 aromatic carbocycles. The predicted molar refractivity (Wildman–Crippen MR) is 110 cm³/mol. The minimum Gasteiger partial charge on any atom is -0.462 e. The van der Waals surface area contributed by atoms with Crippen molar-refractivity contribution < 1.29 is 14.3 Å². The lowest BCUT2D eigenvalue weighted by Crippen LogP contribution is -2.59. The van der Waals surface area contributed by atoms with Crippen LogP contribution in [0.4, 0.5) is 0 Å². The Morgan fingerprint density at radius 3 is 2.76 bits per heavy atom. The maximum absolute atomic E-state index is 12.9. The fraction of sp³-hybridized carbons (Fsp3) is 0.682. The first kappa shape index (κ1) is 20.3. The number of piperazine rings is 1. The van der Waals surface area contributed by atoms with Crippen LogP contribution in [0, 0.1) is 0 Å². The molecule has 0 N–H and O–H groups in total. The number of aromatic nitrogens is 1. The van der Waals surface area contributed by atoms with Crippen molar-refractivity contribution in [2.45, 2.75) is 58.2 Å². The molecule has 1 atom stereocenters. The Bertz CT molecular complexity index is 764. The summed E-state index contributed by atoms with van der Waals surface area (Å²) in [5, 5.41) is 0. The molecule has 7 heteroatoms. The van der Waals surface area contributed by atoms with Crippen molar-refractivity contribution in [2.75, 3.05) is 39.3 Å². The first-order chi connectivity index (χ1) is 14.0. The van der Waals surface area contributed by atoms with E-state index in [1.54, 1.807) is 13.1 Å². The smallest absolute Gasteiger partial charge is 0.339 e. The van der Waals surface area contributed by atoms with E-state index in [-0.39, 0.29) is 11.9 Å². The molecule has 1 aliphatic carbocycles. The van der Waals surface area contributed by atoms with Crippen molar-refractivity contribution in [3.63, 3.8) is 0 Å². The zero-order valence-corrected chi connectivity index (χ0v) is 17.6. The van der Waals surface area contributed by atoms with Crippen LogP contribution in [0.1, 0.15) is 54.7 Å². The van der Waals surface area contributed by atoms with Crippen molar-refractivity contribution in [3.05, 3.63) is 29.1 Å². The number of carbonyl (C=O) groups excluding carboxylic acids is 2. The van der Waals surface area contributed by atoms with Crippen LogP contribution in [-0.2, 0) is 22.5 Å². The molecule has 1 amide bonds. The third-order valence-corrected chi connectivity index (χ3v) is 6.58. The molecule has 1 unspecified atom stereocenters. The van der Waals surface area contributed by atoms with E-state index in [9.17, 15) is 9.59 Å². The lowest BCUT2D eigenvalue weighted by atomic mass is 9.90. The fourth-order valence-corrected chi connectivity index (χ4v) is 4.68. The minimum absolute atomic E-state index is 0.219. The zero-order valence-electron chi connectivity index (χ0n) is 17.6. The highest BCUT2D eigenvalue weighted by Crippen LogP contribution is 2.28. The van der Waals surface area contributed by atoms with Crippen LogP contribution in [0.5, 0.6) is 0 Å². The average molecular weight is 401 g/mol. The Kier molecular flexibility index (Phi) is 6.15. The van der Waals surface area contributed by atoms with Gasteiger partial charge in [0.25, 0.3) is 0 Å². The second-order valence-electron chi connectivity index (χ2n) is 8.52. The molecule has 7 nitrogen and oxygen atoms in total. The number of hydrogen-bond acceptors (Lipinski definition) is 6. The summed E-state index contributed by atoms with van der Waals surface area (Å²) in [6.07, 6.45) is 6.37. The maximum Gasteiger partial charge on any atom is 0.339 e. The number of ether oxygens (including phenoxy) is 1. The molecule has 2 fully saturated rings. The Balaban J connectivity index is 1.31. The molecule has 4 rings (SSSR count). The largest absolute Gasteiger partial charge is 0.462 e. The number of nitrogens with zero attached hydrogens (tertiary/aromatic N) is 4. The van der Waals surface area contributed by atoms with E-state index in [4.69, 9.17) is 4.74 Å². The Labute approximate surface area is 173 Å². The average Bonchev–Trinajstić information content (AvgIpc) is 2.67. The molecule has 2 aliphatic heterocycles. The number of carbonyl (C=O) groups is 2. The van der Waals surface area contributed by atoms with Gasteiger partial charge in [-0.25, -0.2) is 4.79 Å². The molecule has 3 aliphatic rings. The van der Waals surface area contributed by atoms with Gasteiger partial charge in [0.05, 0.1) is 24.4 Å². The van der Waals surface area contributed by atoms with E-state index >= 15 is 0 Å². The Morgan fingerprint density at radius 1 is 1.24 bits per heavy atom. The van der Waals surface area contributed by atoms with E-state index in [2.05, 4.69) is 21.7 Å². The lowest BCUT2D eigenvalue weighted by Gasteiger charge is -2.47. The zero-order chi connectivity index (χ0) is 20.4. The van der Waals surface area contributed by atoms with Gasteiger partial charge in [0.2, 0.25) is 5.91 Å². The number of fused-ring (bicyclic) bond motifs is 1. The summed E-state index contributed by atoms with van der Waals surface area (Å²) in [5.41, 5.74) is 2.55. The summed E-state index contributed by atoms with van der Waals surface area (Å²) in [7, 11) is 0. The maximum atomic E-state index is 12.9. The fourth-order valence-electron chi connectivity index (χ4n) is 4.68. The SMILES string of the molecule is CCOC(=O)c1cnc2c(c1)CCN(CC(=O)N1CCN(C3CCC3)C(C)C1)C2. The number of pyridine rings is 1. The van der Waals surface area contributed by atoms with Crippen LogP contribution in [0.15, 0.2) is 12.3 Å². The van der Waals surface area contributed by atoms with Crippen molar-refractivity contribution in [1.82, 2.24) is 19.7 Å². The summed E-state index contributed by atoms with van der Waals surface area (Å²) in [4.78, 5) is 36.1. The first-order valence-corrected chi connectivity index (χ1v) is 11.0. The molecular weight excluding hydrogens is 368 g/mol. The third-order valence-electron chi connectivity index (χ3n) is 6.58. The highest BCUT2D eigenvalue weighted by molar-refractivity contribution is 5.89.